The van der Waals surface area contributed by atoms with Crippen LogP contribution in [0.2, 0.25) is 5.02 Å². The maximum absolute atomic E-state index is 11.9. The molecule has 3 aromatic rings. The molecule has 7 heteroatoms. The van der Waals surface area contributed by atoms with Crippen molar-refractivity contribution in [1.82, 2.24) is 4.98 Å². The summed E-state index contributed by atoms with van der Waals surface area (Å²) in [7, 11) is 0. The monoisotopic (exact) mass is 372 g/mol. The number of aromatic nitrogens is 1. The van der Waals surface area contributed by atoms with Crippen LogP contribution in [0.5, 0.6) is 0 Å². The Labute approximate surface area is 155 Å². The smallest absolute Gasteiger partial charge is 0.306 e. The minimum absolute atomic E-state index is 0.0797. The number of para-hydroxylation sites is 2. The normalized spacial score (nSPS) is 10.7. The third-order valence-corrected chi connectivity index (χ3v) is 3.95. The molecule has 0 spiro atoms. The third-order valence-electron chi connectivity index (χ3n) is 3.72. The van der Waals surface area contributed by atoms with Crippen molar-refractivity contribution in [3.8, 4) is 0 Å². The Bertz CT molecular complexity index is 919. The van der Waals surface area contributed by atoms with E-state index in [0.29, 0.717) is 28.6 Å². The second-order valence-electron chi connectivity index (χ2n) is 5.74. The molecule has 0 saturated heterocycles. The van der Waals surface area contributed by atoms with Crippen LogP contribution in [0.4, 0.5) is 5.69 Å². The molecular formula is C19H17ClN2O4. The molecule has 1 N–H and O–H groups in total. The maximum Gasteiger partial charge on any atom is 0.306 e. The Morgan fingerprint density at radius 3 is 2.85 bits per heavy atom. The summed E-state index contributed by atoms with van der Waals surface area (Å²) in [4.78, 5) is 28.0. The summed E-state index contributed by atoms with van der Waals surface area (Å²) >= 11 is 5.91. The molecule has 1 heterocycles. The van der Waals surface area contributed by atoms with Crippen LogP contribution in [0.1, 0.15) is 17.9 Å². The molecule has 0 bridgehead atoms. The summed E-state index contributed by atoms with van der Waals surface area (Å²) in [5.41, 5.74) is 2.87. The van der Waals surface area contributed by atoms with Crippen LogP contribution in [0.25, 0.3) is 11.1 Å². The van der Waals surface area contributed by atoms with Gasteiger partial charge in [0.05, 0.1) is 6.42 Å². The van der Waals surface area contributed by atoms with E-state index in [1.165, 1.54) is 0 Å². The zero-order valence-electron chi connectivity index (χ0n) is 14.1. The second-order valence-corrected chi connectivity index (χ2v) is 6.18. The number of amides is 1. The molecule has 3 rings (SSSR count). The van der Waals surface area contributed by atoms with Gasteiger partial charge < -0.3 is 14.5 Å². The van der Waals surface area contributed by atoms with Crippen LogP contribution < -0.4 is 5.32 Å². The molecule has 0 aliphatic heterocycles. The van der Waals surface area contributed by atoms with Gasteiger partial charge in [0.25, 0.3) is 5.91 Å². The van der Waals surface area contributed by atoms with Crippen LogP contribution in [0.15, 0.2) is 46.9 Å². The Morgan fingerprint density at radius 2 is 2.04 bits per heavy atom. The lowest BCUT2D eigenvalue weighted by Gasteiger charge is -2.09. The molecule has 1 aromatic heterocycles. The van der Waals surface area contributed by atoms with Gasteiger partial charge in [-0.05, 0) is 36.8 Å². The fourth-order valence-electron chi connectivity index (χ4n) is 2.37. The topological polar surface area (TPSA) is 81.4 Å². The summed E-state index contributed by atoms with van der Waals surface area (Å²) in [6, 6.07) is 12.5. The number of ether oxygens (including phenoxy) is 1. The predicted molar refractivity (Wildman–Crippen MR) is 98.1 cm³/mol. The quantitative estimate of drug-likeness (QED) is 0.663. The molecule has 26 heavy (non-hydrogen) atoms. The standard InChI is InChI=1S/C19H17ClN2O4/c1-12-6-7-13(20)10-15(12)21-17(23)11-25-19(24)9-8-18-22-14-4-2-3-5-16(14)26-18/h2-7,10H,8-9,11H2,1H3,(H,21,23). The van der Waals surface area contributed by atoms with E-state index in [9.17, 15) is 9.59 Å². The van der Waals surface area contributed by atoms with E-state index in [1.54, 1.807) is 18.2 Å². The lowest BCUT2D eigenvalue weighted by molar-refractivity contribution is -0.147. The van der Waals surface area contributed by atoms with Crippen LogP contribution in [0.3, 0.4) is 0 Å². The molecule has 0 radical (unpaired) electrons. The summed E-state index contributed by atoms with van der Waals surface area (Å²) in [6.45, 7) is 1.48. The van der Waals surface area contributed by atoms with Gasteiger partial charge in [-0.15, -0.1) is 0 Å². The Morgan fingerprint density at radius 1 is 1.23 bits per heavy atom. The fraction of sp³-hybridized carbons (Fsp3) is 0.211. The highest BCUT2D eigenvalue weighted by atomic mass is 35.5. The molecule has 0 unspecified atom stereocenters. The minimum Gasteiger partial charge on any atom is -0.456 e. The number of fused-ring (bicyclic) bond motifs is 1. The van der Waals surface area contributed by atoms with Gasteiger partial charge in [0.15, 0.2) is 18.1 Å². The zero-order chi connectivity index (χ0) is 18.5. The van der Waals surface area contributed by atoms with Crippen molar-refractivity contribution < 1.29 is 18.7 Å². The number of hydrogen-bond donors (Lipinski definition) is 1. The number of aryl methyl sites for hydroxylation is 2. The van der Waals surface area contributed by atoms with Gasteiger partial charge in [-0.2, -0.15) is 0 Å². The second kappa shape index (κ2) is 8.01. The molecular weight excluding hydrogens is 356 g/mol. The van der Waals surface area contributed by atoms with E-state index in [4.69, 9.17) is 20.8 Å². The average molecular weight is 373 g/mol. The van der Waals surface area contributed by atoms with Crippen LogP contribution in [0, 0.1) is 6.92 Å². The average Bonchev–Trinajstić information content (AvgIpc) is 3.04. The number of anilines is 1. The molecule has 134 valence electrons. The van der Waals surface area contributed by atoms with Gasteiger partial charge in [-0.25, -0.2) is 4.98 Å². The molecule has 0 atom stereocenters. The Balaban J connectivity index is 1.46. The van der Waals surface area contributed by atoms with E-state index >= 15 is 0 Å². The number of nitrogens with one attached hydrogen (secondary N) is 1. The highest BCUT2D eigenvalue weighted by molar-refractivity contribution is 6.31. The van der Waals surface area contributed by atoms with E-state index in [2.05, 4.69) is 10.3 Å². The zero-order valence-corrected chi connectivity index (χ0v) is 14.9. The Hall–Kier alpha value is -2.86. The van der Waals surface area contributed by atoms with Crippen molar-refractivity contribution in [2.75, 3.05) is 11.9 Å². The molecule has 0 fully saturated rings. The van der Waals surface area contributed by atoms with Gasteiger partial charge in [0.2, 0.25) is 0 Å². The largest absolute Gasteiger partial charge is 0.456 e. The number of esters is 1. The van der Waals surface area contributed by atoms with Crippen molar-refractivity contribution in [3.05, 3.63) is 58.9 Å². The maximum atomic E-state index is 11.9. The third kappa shape index (κ3) is 4.61. The number of benzene rings is 2. The fourth-order valence-corrected chi connectivity index (χ4v) is 2.54. The summed E-state index contributed by atoms with van der Waals surface area (Å²) in [5.74, 6) is -0.460. The summed E-state index contributed by atoms with van der Waals surface area (Å²) in [6.07, 6.45) is 0.388. The van der Waals surface area contributed by atoms with E-state index in [-0.39, 0.29) is 13.0 Å². The number of carbonyl (C=O) groups is 2. The molecule has 0 saturated carbocycles. The molecule has 0 aliphatic rings. The first-order valence-corrected chi connectivity index (χ1v) is 8.45. The lowest BCUT2D eigenvalue weighted by atomic mass is 10.2. The van der Waals surface area contributed by atoms with Crippen molar-refractivity contribution in [2.45, 2.75) is 19.8 Å². The molecule has 2 aromatic carbocycles. The van der Waals surface area contributed by atoms with Crippen LogP contribution >= 0.6 is 11.6 Å². The van der Waals surface area contributed by atoms with E-state index < -0.39 is 11.9 Å². The van der Waals surface area contributed by atoms with Gasteiger partial charge in [-0.3, -0.25) is 9.59 Å². The first-order chi connectivity index (χ1) is 12.5. The number of nitrogens with zero attached hydrogens (tertiary/aromatic N) is 1. The van der Waals surface area contributed by atoms with Crippen molar-refractivity contribution >= 4 is 40.3 Å². The highest BCUT2D eigenvalue weighted by Gasteiger charge is 2.12. The number of halogens is 1. The number of rotatable bonds is 6. The number of carbonyl (C=O) groups excluding carboxylic acids is 2. The Kier molecular flexibility index (Phi) is 5.53. The van der Waals surface area contributed by atoms with Gasteiger partial charge in [0, 0.05) is 17.1 Å². The summed E-state index contributed by atoms with van der Waals surface area (Å²) in [5, 5.41) is 3.18. The van der Waals surface area contributed by atoms with E-state index in [1.807, 2.05) is 31.2 Å². The minimum atomic E-state index is -0.495. The van der Waals surface area contributed by atoms with Crippen LogP contribution in [-0.2, 0) is 20.7 Å². The van der Waals surface area contributed by atoms with Gasteiger partial charge in [-0.1, -0.05) is 29.8 Å². The predicted octanol–water partition coefficient (Wildman–Crippen LogP) is 3.90. The van der Waals surface area contributed by atoms with E-state index in [0.717, 1.165) is 11.1 Å². The SMILES string of the molecule is Cc1ccc(Cl)cc1NC(=O)COC(=O)CCc1nc2ccccc2o1. The van der Waals surface area contributed by atoms with Crippen molar-refractivity contribution in [2.24, 2.45) is 0 Å². The number of oxazole rings is 1. The number of hydrogen-bond acceptors (Lipinski definition) is 5. The summed E-state index contributed by atoms with van der Waals surface area (Å²) < 4.78 is 10.5. The van der Waals surface area contributed by atoms with Gasteiger partial charge in [0.1, 0.15) is 5.52 Å². The highest BCUT2D eigenvalue weighted by Crippen LogP contribution is 2.20. The van der Waals surface area contributed by atoms with Crippen molar-refractivity contribution in [3.63, 3.8) is 0 Å². The van der Waals surface area contributed by atoms with Crippen LogP contribution in [-0.4, -0.2) is 23.5 Å². The molecule has 0 aliphatic carbocycles. The lowest BCUT2D eigenvalue weighted by Crippen LogP contribution is -2.21. The molecule has 6 nitrogen and oxygen atoms in total. The van der Waals surface area contributed by atoms with Crippen molar-refractivity contribution in [1.29, 1.82) is 0 Å². The molecule has 1 amide bonds. The van der Waals surface area contributed by atoms with Gasteiger partial charge >= 0.3 is 5.97 Å². The first-order valence-electron chi connectivity index (χ1n) is 8.07. The first kappa shape index (κ1) is 17.9.